The molecule has 2 aromatic rings. The van der Waals surface area contributed by atoms with Gasteiger partial charge in [-0.15, -0.1) is 0 Å². The zero-order chi connectivity index (χ0) is 16.7. The summed E-state index contributed by atoms with van der Waals surface area (Å²) in [4.78, 5) is 11.3. The van der Waals surface area contributed by atoms with Crippen molar-refractivity contribution in [2.24, 2.45) is 0 Å². The first-order valence-electron chi connectivity index (χ1n) is 7.02. The van der Waals surface area contributed by atoms with Gasteiger partial charge in [0.15, 0.2) is 0 Å². The zero-order valence-electron chi connectivity index (χ0n) is 12.4. The van der Waals surface area contributed by atoms with Gasteiger partial charge in [-0.2, -0.15) is 0 Å². The van der Waals surface area contributed by atoms with Crippen LogP contribution in [0, 0.1) is 0 Å². The molecule has 120 valence electrons. The number of nitrogens with zero attached hydrogens (tertiary/aromatic N) is 1. The SMILES string of the molecule is O=C(O)N(CCc1ccccc1)S(=O)(=O)C=Cc1ccccc1. The van der Waals surface area contributed by atoms with Crippen molar-refractivity contribution < 1.29 is 18.3 Å². The summed E-state index contributed by atoms with van der Waals surface area (Å²) >= 11 is 0. The van der Waals surface area contributed by atoms with E-state index in [1.807, 2.05) is 36.4 Å². The average molecular weight is 331 g/mol. The Balaban J connectivity index is 2.12. The minimum atomic E-state index is -4.04. The topological polar surface area (TPSA) is 74.7 Å². The Hall–Kier alpha value is -2.60. The molecule has 0 aliphatic carbocycles. The highest BCUT2D eigenvalue weighted by atomic mass is 32.2. The van der Waals surface area contributed by atoms with Gasteiger partial charge >= 0.3 is 6.09 Å². The van der Waals surface area contributed by atoms with Crippen molar-refractivity contribution >= 4 is 22.2 Å². The third kappa shape index (κ3) is 4.96. The Labute approximate surface area is 135 Å². The van der Waals surface area contributed by atoms with Crippen LogP contribution in [0.2, 0.25) is 0 Å². The fraction of sp³-hybridized carbons (Fsp3) is 0.118. The quantitative estimate of drug-likeness (QED) is 0.882. The molecule has 2 aromatic carbocycles. The lowest BCUT2D eigenvalue weighted by atomic mass is 10.1. The molecule has 5 nitrogen and oxygen atoms in total. The summed E-state index contributed by atoms with van der Waals surface area (Å²) < 4.78 is 24.9. The van der Waals surface area contributed by atoms with Crippen molar-refractivity contribution in [3.8, 4) is 0 Å². The third-order valence-corrected chi connectivity index (χ3v) is 4.63. The van der Waals surface area contributed by atoms with Crippen LogP contribution in [0.1, 0.15) is 11.1 Å². The van der Waals surface area contributed by atoms with E-state index in [2.05, 4.69) is 0 Å². The monoisotopic (exact) mass is 331 g/mol. The highest BCUT2D eigenvalue weighted by Gasteiger charge is 2.24. The van der Waals surface area contributed by atoms with Crippen LogP contribution in [-0.4, -0.2) is 30.5 Å². The predicted molar refractivity (Wildman–Crippen MR) is 89.3 cm³/mol. The van der Waals surface area contributed by atoms with Gasteiger partial charge < -0.3 is 5.11 Å². The summed E-state index contributed by atoms with van der Waals surface area (Å²) in [5.74, 6) is 0. The van der Waals surface area contributed by atoms with Crippen LogP contribution >= 0.6 is 0 Å². The van der Waals surface area contributed by atoms with E-state index < -0.39 is 16.1 Å². The maximum atomic E-state index is 12.2. The van der Waals surface area contributed by atoms with Crippen LogP contribution in [0.15, 0.2) is 66.1 Å². The van der Waals surface area contributed by atoms with Crippen molar-refractivity contribution in [1.29, 1.82) is 0 Å². The molecule has 0 saturated carbocycles. The number of hydrogen-bond acceptors (Lipinski definition) is 3. The smallest absolute Gasteiger partial charge is 0.421 e. The normalized spacial score (nSPS) is 11.5. The van der Waals surface area contributed by atoms with Gasteiger partial charge in [-0.05, 0) is 23.6 Å². The Kier molecular flexibility index (Phi) is 5.54. The fourth-order valence-corrected chi connectivity index (χ4v) is 3.05. The van der Waals surface area contributed by atoms with Gasteiger partial charge in [0.2, 0.25) is 0 Å². The second-order valence-corrected chi connectivity index (χ2v) is 6.59. The summed E-state index contributed by atoms with van der Waals surface area (Å²) in [5.41, 5.74) is 1.56. The third-order valence-electron chi connectivity index (χ3n) is 3.20. The van der Waals surface area contributed by atoms with E-state index in [1.165, 1.54) is 6.08 Å². The van der Waals surface area contributed by atoms with Crippen LogP contribution in [0.25, 0.3) is 6.08 Å². The molecule has 6 heteroatoms. The Morgan fingerprint density at radius 1 is 1.00 bits per heavy atom. The molecule has 0 bridgehead atoms. The van der Waals surface area contributed by atoms with E-state index in [1.54, 1.807) is 24.3 Å². The molecule has 1 N–H and O–H groups in total. The Morgan fingerprint density at radius 2 is 1.57 bits per heavy atom. The van der Waals surface area contributed by atoms with Crippen LogP contribution < -0.4 is 0 Å². The molecule has 23 heavy (non-hydrogen) atoms. The summed E-state index contributed by atoms with van der Waals surface area (Å²) in [5, 5.41) is 10.1. The summed E-state index contributed by atoms with van der Waals surface area (Å²) in [6.07, 6.45) is 0.220. The maximum Gasteiger partial charge on any atom is 0.421 e. The largest absolute Gasteiger partial charge is 0.464 e. The standard InChI is InChI=1S/C17H17NO4S/c19-17(20)18(13-11-15-7-3-1-4-8-15)23(21,22)14-12-16-9-5-2-6-10-16/h1-10,12,14H,11,13H2,(H,19,20). The molecule has 1 amide bonds. The molecular formula is C17H17NO4S. The molecule has 0 unspecified atom stereocenters. The second kappa shape index (κ2) is 7.60. The number of amides is 1. The lowest BCUT2D eigenvalue weighted by molar-refractivity contribution is 0.173. The lowest BCUT2D eigenvalue weighted by Crippen LogP contribution is -2.36. The number of carbonyl (C=O) groups is 1. The molecular weight excluding hydrogens is 314 g/mol. The van der Waals surface area contributed by atoms with Gasteiger partial charge in [0, 0.05) is 6.54 Å². The number of carboxylic acid groups (broad SMARTS) is 1. The predicted octanol–water partition coefficient (Wildman–Crippen LogP) is 3.21. The second-order valence-electron chi connectivity index (χ2n) is 4.85. The lowest BCUT2D eigenvalue weighted by Gasteiger charge is -2.17. The highest BCUT2D eigenvalue weighted by molar-refractivity contribution is 7.92. The first-order valence-corrected chi connectivity index (χ1v) is 8.52. The zero-order valence-corrected chi connectivity index (χ0v) is 13.2. The molecule has 0 spiro atoms. The minimum Gasteiger partial charge on any atom is -0.464 e. The van der Waals surface area contributed by atoms with E-state index in [0.29, 0.717) is 16.3 Å². The summed E-state index contributed by atoms with van der Waals surface area (Å²) in [6.45, 7) is -0.124. The van der Waals surface area contributed by atoms with Crippen molar-refractivity contribution in [1.82, 2.24) is 4.31 Å². The average Bonchev–Trinajstić information content (AvgIpc) is 2.55. The van der Waals surface area contributed by atoms with Gasteiger partial charge in [-0.25, -0.2) is 17.5 Å². The fourth-order valence-electron chi connectivity index (χ4n) is 2.01. The molecule has 2 rings (SSSR count). The summed E-state index contributed by atoms with van der Waals surface area (Å²) in [6, 6.07) is 18.0. The van der Waals surface area contributed by atoms with E-state index in [9.17, 15) is 18.3 Å². The summed E-state index contributed by atoms with van der Waals surface area (Å²) in [7, 11) is -4.04. The van der Waals surface area contributed by atoms with Gasteiger partial charge in [0.25, 0.3) is 10.0 Å². The minimum absolute atomic E-state index is 0.124. The molecule has 0 aliphatic rings. The van der Waals surface area contributed by atoms with Crippen LogP contribution in [0.3, 0.4) is 0 Å². The van der Waals surface area contributed by atoms with Crippen molar-refractivity contribution in [3.05, 3.63) is 77.2 Å². The molecule has 0 heterocycles. The molecule has 0 saturated heterocycles. The van der Waals surface area contributed by atoms with Crippen LogP contribution in [0.4, 0.5) is 4.79 Å². The van der Waals surface area contributed by atoms with E-state index in [-0.39, 0.29) is 6.54 Å². The van der Waals surface area contributed by atoms with Gasteiger partial charge in [0.1, 0.15) is 0 Å². The number of sulfonamides is 1. The van der Waals surface area contributed by atoms with Crippen molar-refractivity contribution in [2.45, 2.75) is 6.42 Å². The van der Waals surface area contributed by atoms with Crippen LogP contribution in [-0.2, 0) is 16.4 Å². The first-order chi connectivity index (χ1) is 11.0. The number of hydrogen-bond donors (Lipinski definition) is 1. The van der Waals surface area contributed by atoms with Gasteiger partial charge in [-0.3, -0.25) is 0 Å². The Bertz CT molecular complexity index is 771. The molecule has 0 atom stereocenters. The molecule has 0 aliphatic heterocycles. The van der Waals surface area contributed by atoms with E-state index >= 15 is 0 Å². The molecule has 0 aromatic heterocycles. The molecule has 0 fully saturated rings. The maximum absolute atomic E-state index is 12.2. The van der Waals surface area contributed by atoms with Gasteiger partial charge in [0.05, 0.1) is 5.41 Å². The molecule has 0 radical (unpaired) electrons. The number of rotatable bonds is 6. The van der Waals surface area contributed by atoms with Gasteiger partial charge in [-0.1, -0.05) is 60.7 Å². The highest BCUT2D eigenvalue weighted by Crippen LogP contribution is 2.10. The van der Waals surface area contributed by atoms with Crippen molar-refractivity contribution in [2.75, 3.05) is 6.54 Å². The van der Waals surface area contributed by atoms with Crippen LogP contribution in [0.5, 0.6) is 0 Å². The van der Waals surface area contributed by atoms with E-state index in [4.69, 9.17) is 0 Å². The van der Waals surface area contributed by atoms with E-state index in [0.717, 1.165) is 11.0 Å². The first kappa shape index (κ1) is 16.8. The Morgan fingerprint density at radius 3 is 2.13 bits per heavy atom. The number of benzene rings is 2. The van der Waals surface area contributed by atoms with Crippen molar-refractivity contribution in [3.63, 3.8) is 0 Å².